The van der Waals surface area contributed by atoms with Crippen LogP contribution in [-0.2, 0) is 26.0 Å². The van der Waals surface area contributed by atoms with Crippen molar-refractivity contribution < 1.29 is 18.0 Å². The van der Waals surface area contributed by atoms with E-state index < -0.39 is 22.0 Å². The summed E-state index contributed by atoms with van der Waals surface area (Å²) in [6, 6.07) is 12.8. The van der Waals surface area contributed by atoms with E-state index in [0.29, 0.717) is 25.8 Å². The van der Waals surface area contributed by atoms with E-state index >= 15 is 0 Å². The molecule has 0 spiro atoms. The zero-order valence-corrected chi connectivity index (χ0v) is 16.3. The summed E-state index contributed by atoms with van der Waals surface area (Å²) in [7, 11) is -4.23. The molecule has 2 heterocycles. The fourth-order valence-electron chi connectivity index (χ4n) is 3.24. The Morgan fingerprint density at radius 3 is 2.61 bits per heavy atom. The Bertz CT molecular complexity index is 917. The van der Waals surface area contributed by atoms with Crippen LogP contribution in [0.5, 0.6) is 0 Å². The number of ketones is 1. The molecule has 1 N–H and O–H groups in total. The van der Waals surface area contributed by atoms with Crippen LogP contribution in [0.25, 0.3) is 0 Å². The molecule has 1 atom stereocenters. The third kappa shape index (κ3) is 4.63. The molecule has 2 aromatic rings. The number of amides is 1. The molecule has 1 amide bonds. The predicted molar refractivity (Wildman–Crippen MR) is 104 cm³/mol. The molecule has 1 aliphatic heterocycles. The lowest BCUT2D eigenvalue weighted by Crippen LogP contribution is -2.49. The number of Topliss-reactive ketones (excluding diaryl/α,β-unsaturated/α-hetero) is 1. The van der Waals surface area contributed by atoms with Crippen LogP contribution in [0.3, 0.4) is 0 Å². The van der Waals surface area contributed by atoms with Gasteiger partial charge in [0, 0.05) is 12.6 Å². The highest BCUT2D eigenvalue weighted by Gasteiger charge is 2.39. The predicted octanol–water partition coefficient (Wildman–Crippen LogP) is 1.55. The SMILES string of the molecule is O=C1CNCCC[C@@H]1N(C(=O)CCc1ccccc1)S(=O)(=O)c1ccccn1. The van der Waals surface area contributed by atoms with E-state index in [1.165, 1.54) is 12.3 Å². The van der Waals surface area contributed by atoms with E-state index in [4.69, 9.17) is 0 Å². The first-order valence-corrected chi connectivity index (χ1v) is 10.7. The van der Waals surface area contributed by atoms with Gasteiger partial charge in [-0.05, 0) is 43.5 Å². The van der Waals surface area contributed by atoms with Crippen LogP contribution < -0.4 is 5.32 Å². The van der Waals surface area contributed by atoms with Crippen LogP contribution in [-0.4, -0.2) is 48.5 Å². The van der Waals surface area contributed by atoms with Crippen molar-refractivity contribution >= 4 is 21.7 Å². The maximum Gasteiger partial charge on any atom is 0.284 e. The Balaban J connectivity index is 1.91. The van der Waals surface area contributed by atoms with Gasteiger partial charge in [0.15, 0.2) is 10.8 Å². The first-order chi connectivity index (χ1) is 13.5. The van der Waals surface area contributed by atoms with Gasteiger partial charge in [-0.15, -0.1) is 0 Å². The third-order valence-electron chi connectivity index (χ3n) is 4.66. The molecule has 8 heteroatoms. The monoisotopic (exact) mass is 401 g/mol. The van der Waals surface area contributed by atoms with Crippen molar-refractivity contribution in [3.05, 3.63) is 60.3 Å². The quantitative estimate of drug-likeness (QED) is 0.789. The minimum Gasteiger partial charge on any atom is -0.310 e. The zero-order chi connectivity index (χ0) is 20.0. The number of nitrogens with one attached hydrogen (secondary N) is 1. The summed E-state index contributed by atoms with van der Waals surface area (Å²) < 4.78 is 27.2. The molecule has 0 aliphatic carbocycles. The zero-order valence-electron chi connectivity index (χ0n) is 15.5. The van der Waals surface area contributed by atoms with Crippen LogP contribution in [0.15, 0.2) is 59.8 Å². The summed E-state index contributed by atoms with van der Waals surface area (Å²) in [5.74, 6) is -0.889. The Hall–Kier alpha value is -2.58. The van der Waals surface area contributed by atoms with Gasteiger partial charge in [-0.1, -0.05) is 36.4 Å². The molecule has 0 unspecified atom stereocenters. The van der Waals surface area contributed by atoms with E-state index in [1.807, 2.05) is 30.3 Å². The molecule has 0 bridgehead atoms. The number of rotatable bonds is 6. The van der Waals surface area contributed by atoms with E-state index in [0.717, 1.165) is 9.87 Å². The molecular formula is C20H23N3O4S. The second kappa shape index (κ2) is 9.07. The maximum atomic E-state index is 13.2. The minimum atomic E-state index is -4.23. The molecular weight excluding hydrogens is 378 g/mol. The molecule has 1 fully saturated rings. The second-order valence-electron chi connectivity index (χ2n) is 6.65. The third-order valence-corrected chi connectivity index (χ3v) is 6.41. The summed E-state index contributed by atoms with van der Waals surface area (Å²) in [6.07, 6.45) is 2.65. The number of sulfonamides is 1. The molecule has 1 aromatic carbocycles. The van der Waals surface area contributed by atoms with Gasteiger partial charge < -0.3 is 5.32 Å². The first kappa shape index (κ1) is 20.2. The molecule has 0 saturated carbocycles. The number of nitrogens with zero attached hydrogens (tertiary/aromatic N) is 2. The fraction of sp³-hybridized carbons (Fsp3) is 0.350. The van der Waals surface area contributed by atoms with Crippen molar-refractivity contribution in [1.29, 1.82) is 0 Å². The van der Waals surface area contributed by atoms with Gasteiger partial charge in [0.2, 0.25) is 5.91 Å². The van der Waals surface area contributed by atoms with Crippen molar-refractivity contribution in [2.45, 2.75) is 36.8 Å². The Morgan fingerprint density at radius 2 is 1.89 bits per heavy atom. The first-order valence-electron chi connectivity index (χ1n) is 9.26. The van der Waals surface area contributed by atoms with Crippen molar-refractivity contribution in [3.8, 4) is 0 Å². The number of hydrogen-bond acceptors (Lipinski definition) is 6. The maximum absolute atomic E-state index is 13.2. The molecule has 1 aromatic heterocycles. The molecule has 28 heavy (non-hydrogen) atoms. The number of hydrogen-bond donors (Lipinski definition) is 1. The normalized spacial score (nSPS) is 17.7. The van der Waals surface area contributed by atoms with E-state index in [2.05, 4.69) is 10.3 Å². The Kier molecular flexibility index (Phi) is 6.53. The van der Waals surface area contributed by atoms with Gasteiger partial charge in [0.1, 0.15) is 6.04 Å². The van der Waals surface area contributed by atoms with Crippen LogP contribution in [0, 0.1) is 0 Å². The van der Waals surface area contributed by atoms with Gasteiger partial charge in [-0.25, -0.2) is 9.29 Å². The van der Waals surface area contributed by atoms with Crippen molar-refractivity contribution in [2.24, 2.45) is 0 Å². The van der Waals surface area contributed by atoms with Gasteiger partial charge >= 0.3 is 0 Å². The van der Waals surface area contributed by atoms with E-state index in [9.17, 15) is 18.0 Å². The minimum absolute atomic E-state index is 0.00666. The van der Waals surface area contributed by atoms with Crippen LogP contribution in [0.4, 0.5) is 0 Å². The van der Waals surface area contributed by atoms with Crippen molar-refractivity contribution in [2.75, 3.05) is 13.1 Å². The summed E-state index contributed by atoms with van der Waals surface area (Å²) in [5.41, 5.74) is 0.930. The van der Waals surface area contributed by atoms with Gasteiger partial charge in [-0.3, -0.25) is 9.59 Å². The number of benzene rings is 1. The average molecular weight is 401 g/mol. The van der Waals surface area contributed by atoms with Gasteiger partial charge in [0.05, 0.1) is 6.54 Å². The van der Waals surface area contributed by atoms with Crippen molar-refractivity contribution in [1.82, 2.24) is 14.6 Å². The molecule has 1 saturated heterocycles. The average Bonchev–Trinajstić information content (AvgIpc) is 2.92. The lowest BCUT2D eigenvalue weighted by molar-refractivity contribution is -0.133. The van der Waals surface area contributed by atoms with Gasteiger partial charge in [-0.2, -0.15) is 8.42 Å². The standard InChI is InChI=1S/C20H23N3O4S/c24-18-15-21-13-6-9-17(18)23(28(26,27)19-10-4-5-14-22-19)20(25)12-11-16-7-2-1-3-8-16/h1-5,7-8,10,14,17,21H,6,9,11-13,15H2/t17-/m0/s1. The lowest BCUT2D eigenvalue weighted by Gasteiger charge is -2.29. The number of aromatic nitrogens is 1. The highest BCUT2D eigenvalue weighted by molar-refractivity contribution is 7.89. The van der Waals surface area contributed by atoms with Crippen LogP contribution in [0.1, 0.15) is 24.8 Å². The Labute approximate surface area is 164 Å². The van der Waals surface area contributed by atoms with E-state index in [1.54, 1.807) is 12.1 Å². The largest absolute Gasteiger partial charge is 0.310 e. The number of aryl methyl sites for hydroxylation is 1. The summed E-state index contributed by atoms with van der Waals surface area (Å²) in [6.45, 7) is 0.656. The smallest absolute Gasteiger partial charge is 0.284 e. The van der Waals surface area contributed by atoms with Crippen LogP contribution >= 0.6 is 0 Å². The molecule has 3 rings (SSSR count). The van der Waals surface area contributed by atoms with Gasteiger partial charge in [0.25, 0.3) is 10.0 Å². The topological polar surface area (TPSA) is 96.4 Å². The summed E-state index contributed by atoms with van der Waals surface area (Å²) in [5, 5.41) is 2.74. The number of carbonyl (C=O) groups is 2. The number of carbonyl (C=O) groups excluding carboxylic acids is 2. The molecule has 7 nitrogen and oxygen atoms in total. The lowest BCUT2D eigenvalue weighted by atomic mass is 10.1. The highest BCUT2D eigenvalue weighted by atomic mass is 32.2. The summed E-state index contributed by atoms with van der Waals surface area (Å²) in [4.78, 5) is 29.5. The summed E-state index contributed by atoms with van der Waals surface area (Å²) >= 11 is 0. The fourth-order valence-corrected chi connectivity index (χ4v) is 4.80. The van der Waals surface area contributed by atoms with E-state index in [-0.39, 0.29) is 23.8 Å². The molecule has 148 valence electrons. The second-order valence-corrected chi connectivity index (χ2v) is 8.41. The highest BCUT2D eigenvalue weighted by Crippen LogP contribution is 2.22. The van der Waals surface area contributed by atoms with Crippen LogP contribution in [0.2, 0.25) is 0 Å². The Morgan fingerprint density at radius 1 is 1.14 bits per heavy atom. The number of pyridine rings is 1. The molecule has 1 aliphatic rings. The van der Waals surface area contributed by atoms with Crippen molar-refractivity contribution in [3.63, 3.8) is 0 Å². The molecule has 0 radical (unpaired) electrons.